The van der Waals surface area contributed by atoms with Gasteiger partial charge in [0.1, 0.15) is 6.04 Å². The minimum absolute atomic E-state index is 0.0541. The molecule has 0 spiro atoms. The van der Waals surface area contributed by atoms with Crippen molar-refractivity contribution >= 4 is 23.8 Å². The van der Waals surface area contributed by atoms with Crippen molar-refractivity contribution in [3.8, 4) is 0 Å². The number of urea groups is 1. The summed E-state index contributed by atoms with van der Waals surface area (Å²) in [4.78, 5) is 21.7. The predicted octanol–water partition coefficient (Wildman–Crippen LogP) is 0.900. The molecule has 88 valence electrons. The highest BCUT2D eigenvalue weighted by molar-refractivity contribution is 7.98. The summed E-state index contributed by atoms with van der Waals surface area (Å²) in [5.74, 6) is -0.0717. The third-order valence-corrected chi connectivity index (χ3v) is 2.49. The number of carbonyl (C=O) groups excluding carboxylic acids is 1. The van der Waals surface area contributed by atoms with Crippen LogP contribution < -0.4 is 10.6 Å². The summed E-state index contributed by atoms with van der Waals surface area (Å²) in [6.45, 7) is 3.32. The van der Waals surface area contributed by atoms with Gasteiger partial charge in [0.2, 0.25) is 0 Å². The molecule has 0 saturated carbocycles. The highest BCUT2D eigenvalue weighted by atomic mass is 32.2. The number of carbonyl (C=O) groups is 2. The minimum atomic E-state index is -1.04. The summed E-state index contributed by atoms with van der Waals surface area (Å²) in [5.41, 5.74) is 0. The van der Waals surface area contributed by atoms with Crippen LogP contribution in [0.2, 0.25) is 0 Å². The number of hydrogen-bond acceptors (Lipinski definition) is 3. The van der Waals surface area contributed by atoms with Gasteiger partial charge in [0, 0.05) is 6.04 Å². The molecule has 0 heterocycles. The molecule has 0 aliphatic heterocycles. The molecule has 2 amide bonds. The van der Waals surface area contributed by atoms with Gasteiger partial charge in [-0.1, -0.05) is 0 Å². The summed E-state index contributed by atoms with van der Waals surface area (Å²) < 4.78 is 0. The van der Waals surface area contributed by atoms with Crippen molar-refractivity contribution in [2.75, 3.05) is 12.0 Å². The van der Waals surface area contributed by atoms with E-state index in [4.69, 9.17) is 5.11 Å². The van der Waals surface area contributed by atoms with Crippen LogP contribution in [-0.4, -0.2) is 41.2 Å². The number of hydrogen-bond donors (Lipinski definition) is 3. The van der Waals surface area contributed by atoms with Crippen molar-refractivity contribution in [3.63, 3.8) is 0 Å². The highest BCUT2D eigenvalue weighted by Gasteiger charge is 2.14. The molecule has 0 radical (unpaired) electrons. The predicted molar refractivity (Wildman–Crippen MR) is 61.2 cm³/mol. The van der Waals surface area contributed by atoms with Crippen LogP contribution >= 0.6 is 11.8 Å². The summed E-state index contributed by atoms with van der Waals surface area (Å²) >= 11 is 1.71. The van der Waals surface area contributed by atoms with Crippen molar-refractivity contribution in [3.05, 3.63) is 0 Å². The van der Waals surface area contributed by atoms with Crippen LogP contribution in [-0.2, 0) is 4.79 Å². The molecule has 0 aliphatic rings. The number of thioether (sulfide) groups is 1. The second-order valence-corrected chi connectivity index (χ2v) is 4.35. The van der Waals surface area contributed by atoms with Crippen LogP contribution in [0.25, 0.3) is 0 Å². The first-order valence-corrected chi connectivity index (χ1v) is 6.15. The van der Waals surface area contributed by atoms with E-state index in [0.717, 1.165) is 12.2 Å². The molecule has 0 fully saturated rings. The van der Waals surface area contributed by atoms with Crippen LogP contribution in [0.1, 0.15) is 20.3 Å². The van der Waals surface area contributed by atoms with Gasteiger partial charge in [-0.3, -0.25) is 4.79 Å². The Bertz CT molecular complexity index is 223. The fourth-order valence-corrected chi connectivity index (χ4v) is 1.48. The number of carboxylic acids is 1. The Balaban J connectivity index is 3.77. The summed E-state index contributed by atoms with van der Waals surface area (Å²) in [6, 6.07) is -1.24. The van der Waals surface area contributed by atoms with Crippen molar-refractivity contribution in [2.45, 2.75) is 32.4 Å². The standard InChI is InChI=1S/C9H18N2O3S/c1-6(4-5-15-3)10-9(14)11-7(2)8(12)13/h6-7H,4-5H2,1-3H3,(H,12,13)(H2,10,11,14)/t6?,7-/m1/s1. The second-order valence-electron chi connectivity index (χ2n) is 3.36. The number of nitrogens with one attached hydrogen (secondary N) is 2. The smallest absolute Gasteiger partial charge is 0.325 e. The molecule has 3 N–H and O–H groups in total. The average molecular weight is 234 g/mol. The first-order valence-electron chi connectivity index (χ1n) is 4.76. The first kappa shape index (κ1) is 14.1. The maximum absolute atomic E-state index is 11.2. The van der Waals surface area contributed by atoms with Gasteiger partial charge in [-0.25, -0.2) is 4.79 Å². The first-order chi connectivity index (χ1) is 6.97. The van der Waals surface area contributed by atoms with Gasteiger partial charge < -0.3 is 15.7 Å². The van der Waals surface area contributed by atoms with E-state index in [1.165, 1.54) is 6.92 Å². The van der Waals surface area contributed by atoms with Crippen LogP contribution in [0.15, 0.2) is 0 Å². The minimum Gasteiger partial charge on any atom is -0.480 e. The number of amides is 2. The molecule has 0 aromatic rings. The van der Waals surface area contributed by atoms with Crippen LogP contribution in [0.4, 0.5) is 4.79 Å². The topological polar surface area (TPSA) is 78.4 Å². The molecule has 0 rings (SSSR count). The zero-order valence-electron chi connectivity index (χ0n) is 9.24. The fraction of sp³-hybridized carbons (Fsp3) is 0.778. The average Bonchev–Trinajstić information content (AvgIpc) is 2.14. The highest BCUT2D eigenvalue weighted by Crippen LogP contribution is 1.99. The third kappa shape index (κ3) is 7.07. The summed E-state index contributed by atoms with van der Waals surface area (Å²) in [6.07, 6.45) is 2.87. The Hall–Kier alpha value is -0.910. The lowest BCUT2D eigenvalue weighted by Gasteiger charge is -2.15. The molecule has 0 saturated heterocycles. The van der Waals surface area contributed by atoms with E-state index in [9.17, 15) is 9.59 Å². The monoisotopic (exact) mass is 234 g/mol. The molecule has 1 unspecified atom stereocenters. The Morgan fingerprint density at radius 2 is 1.93 bits per heavy atom. The molecule has 6 heteroatoms. The lowest BCUT2D eigenvalue weighted by molar-refractivity contribution is -0.138. The molecular formula is C9H18N2O3S. The normalized spacial score (nSPS) is 14.1. The molecule has 0 aromatic carbocycles. The Labute approximate surface area is 94.0 Å². The molecule has 0 aliphatic carbocycles. The SMILES string of the molecule is CSCCC(C)NC(=O)N[C@H](C)C(=O)O. The molecule has 2 atom stereocenters. The van der Waals surface area contributed by atoms with Crippen molar-refractivity contribution in [1.82, 2.24) is 10.6 Å². The largest absolute Gasteiger partial charge is 0.480 e. The molecule has 15 heavy (non-hydrogen) atoms. The Kier molecular flexibility index (Phi) is 6.94. The van der Waals surface area contributed by atoms with Crippen LogP contribution in [0, 0.1) is 0 Å². The van der Waals surface area contributed by atoms with Gasteiger partial charge in [-0.05, 0) is 32.3 Å². The Morgan fingerprint density at radius 1 is 1.33 bits per heavy atom. The quantitative estimate of drug-likeness (QED) is 0.638. The number of carboxylic acid groups (broad SMARTS) is 1. The van der Waals surface area contributed by atoms with Gasteiger partial charge in [-0.15, -0.1) is 0 Å². The van der Waals surface area contributed by atoms with E-state index in [2.05, 4.69) is 10.6 Å². The molecule has 0 aromatic heterocycles. The van der Waals surface area contributed by atoms with Gasteiger partial charge in [0.25, 0.3) is 0 Å². The van der Waals surface area contributed by atoms with Crippen molar-refractivity contribution in [2.24, 2.45) is 0 Å². The summed E-state index contributed by atoms with van der Waals surface area (Å²) in [5, 5.41) is 13.6. The van der Waals surface area contributed by atoms with Gasteiger partial charge in [-0.2, -0.15) is 11.8 Å². The van der Waals surface area contributed by atoms with Crippen molar-refractivity contribution < 1.29 is 14.7 Å². The van der Waals surface area contributed by atoms with E-state index in [1.54, 1.807) is 11.8 Å². The maximum atomic E-state index is 11.2. The third-order valence-electron chi connectivity index (χ3n) is 1.85. The van der Waals surface area contributed by atoms with Crippen LogP contribution in [0.3, 0.4) is 0 Å². The van der Waals surface area contributed by atoms with Crippen molar-refractivity contribution in [1.29, 1.82) is 0 Å². The number of rotatable bonds is 6. The van der Waals surface area contributed by atoms with Gasteiger partial charge >= 0.3 is 12.0 Å². The maximum Gasteiger partial charge on any atom is 0.325 e. The van der Waals surface area contributed by atoms with E-state index in [0.29, 0.717) is 0 Å². The fourth-order valence-electron chi connectivity index (χ4n) is 0.891. The molecule has 5 nitrogen and oxygen atoms in total. The van der Waals surface area contributed by atoms with E-state index in [1.807, 2.05) is 13.2 Å². The Morgan fingerprint density at radius 3 is 2.40 bits per heavy atom. The van der Waals surface area contributed by atoms with E-state index < -0.39 is 18.0 Å². The van der Waals surface area contributed by atoms with E-state index >= 15 is 0 Å². The molecular weight excluding hydrogens is 216 g/mol. The zero-order valence-corrected chi connectivity index (χ0v) is 10.1. The van der Waals surface area contributed by atoms with Gasteiger partial charge in [0.15, 0.2) is 0 Å². The lowest BCUT2D eigenvalue weighted by Crippen LogP contribution is -2.47. The lowest BCUT2D eigenvalue weighted by atomic mass is 10.2. The van der Waals surface area contributed by atoms with Crippen LogP contribution in [0.5, 0.6) is 0 Å². The number of aliphatic carboxylic acids is 1. The molecule has 0 bridgehead atoms. The second kappa shape index (κ2) is 7.39. The summed E-state index contributed by atoms with van der Waals surface area (Å²) in [7, 11) is 0. The van der Waals surface area contributed by atoms with Gasteiger partial charge in [0.05, 0.1) is 0 Å². The van der Waals surface area contributed by atoms with E-state index in [-0.39, 0.29) is 6.04 Å². The zero-order chi connectivity index (χ0) is 11.8.